The van der Waals surface area contributed by atoms with E-state index in [-0.39, 0.29) is 6.03 Å². The highest BCUT2D eigenvalue weighted by Crippen LogP contribution is 2.19. The molecule has 0 saturated heterocycles. The maximum absolute atomic E-state index is 12.2. The van der Waals surface area contributed by atoms with Crippen LogP contribution in [0.25, 0.3) is 10.9 Å². The van der Waals surface area contributed by atoms with Crippen LogP contribution in [0, 0.1) is 0 Å². The number of urea groups is 1. The summed E-state index contributed by atoms with van der Waals surface area (Å²) in [7, 11) is 0. The smallest absolute Gasteiger partial charge is 0.319 e. The van der Waals surface area contributed by atoms with Gasteiger partial charge in [-0.2, -0.15) is 0 Å². The monoisotopic (exact) mass is 383 g/mol. The van der Waals surface area contributed by atoms with Crippen molar-refractivity contribution in [3.05, 3.63) is 96.3 Å². The Balaban J connectivity index is 1.36. The molecule has 1 aromatic heterocycles. The lowest BCUT2D eigenvalue weighted by molar-refractivity contribution is 0.251. The van der Waals surface area contributed by atoms with E-state index in [9.17, 15) is 4.79 Å². The number of nitrogens with one attached hydrogen (secondary N) is 3. The third-order valence-corrected chi connectivity index (χ3v) is 4.48. The van der Waals surface area contributed by atoms with Crippen LogP contribution in [0.2, 0.25) is 0 Å². The molecule has 144 valence electrons. The number of para-hydroxylation sites is 1. The van der Waals surface area contributed by atoms with Crippen LogP contribution in [0.3, 0.4) is 0 Å². The van der Waals surface area contributed by atoms with Gasteiger partial charge < -0.3 is 16.0 Å². The normalized spacial score (nSPS) is 10.5. The van der Waals surface area contributed by atoms with Crippen molar-refractivity contribution < 1.29 is 4.79 Å². The van der Waals surface area contributed by atoms with E-state index in [1.807, 2.05) is 78.9 Å². The van der Waals surface area contributed by atoms with Gasteiger partial charge in [-0.3, -0.25) is 0 Å². The Kier molecular flexibility index (Phi) is 5.62. The number of hydrogen-bond acceptors (Lipinski definition) is 4. The van der Waals surface area contributed by atoms with Crippen LogP contribution in [0.1, 0.15) is 11.1 Å². The number of nitrogens with zero attached hydrogens (tertiary/aromatic N) is 2. The number of fused-ring (bicyclic) bond motifs is 1. The summed E-state index contributed by atoms with van der Waals surface area (Å²) in [5.74, 6) is 0.787. The molecule has 0 aliphatic rings. The topological polar surface area (TPSA) is 78.9 Å². The first-order valence-corrected chi connectivity index (χ1v) is 9.39. The van der Waals surface area contributed by atoms with E-state index < -0.39 is 0 Å². The van der Waals surface area contributed by atoms with Crippen molar-refractivity contribution in [2.24, 2.45) is 0 Å². The van der Waals surface area contributed by atoms with Crippen LogP contribution in [0.15, 0.2) is 85.2 Å². The predicted molar refractivity (Wildman–Crippen MR) is 116 cm³/mol. The molecule has 0 bridgehead atoms. The number of anilines is 2. The van der Waals surface area contributed by atoms with E-state index >= 15 is 0 Å². The lowest BCUT2D eigenvalue weighted by atomic mass is 10.2. The Morgan fingerprint density at radius 2 is 1.59 bits per heavy atom. The molecule has 0 spiro atoms. The van der Waals surface area contributed by atoms with Gasteiger partial charge in [-0.25, -0.2) is 14.8 Å². The molecule has 3 N–H and O–H groups in total. The SMILES string of the molecule is O=C(NCc1ccccc1)Nc1cccc(CNc2ncnc3ccccc23)c1. The summed E-state index contributed by atoms with van der Waals surface area (Å²) in [4.78, 5) is 20.8. The fourth-order valence-corrected chi connectivity index (χ4v) is 3.04. The van der Waals surface area contributed by atoms with Gasteiger partial charge >= 0.3 is 6.03 Å². The number of aromatic nitrogens is 2. The molecule has 6 nitrogen and oxygen atoms in total. The molecule has 4 rings (SSSR count). The molecule has 0 aliphatic heterocycles. The highest BCUT2D eigenvalue weighted by Gasteiger charge is 2.05. The van der Waals surface area contributed by atoms with Crippen LogP contribution in [0.4, 0.5) is 16.3 Å². The largest absolute Gasteiger partial charge is 0.365 e. The lowest BCUT2D eigenvalue weighted by Gasteiger charge is -2.11. The maximum atomic E-state index is 12.2. The van der Waals surface area contributed by atoms with Crippen LogP contribution in [0.5, 0.6) is 0 Å². The minimum atomic E-state index is -0.235. The van der Waals surface area contributed by atoms with Crippen molar-refractivity contribution in [3.63, 3.8) is 0 Å². The van der Waals surface area contributed by atoms with Gasteiger partial charge in [0.2, 0.25) is 0 Å². The molecule has 2 amide bonds. The first kappa shape index (κ1) is 18.4. The van der Waals surface area contributed by atoms with Gasteiger partial charge in [0.05, 0.1) is 5.52 Å². The van der Waals surface area contributed by atoms with Gasteiger partial charge in [-0.1, -0.05) is 54.6 Å². The number of hydrogen-bond donors (Lipinski definition) is 3. The molecule has 0 unspecified atom stereocenters. The molecular weight excluding hydrogens is 362 g/mol. The van der Waals surface area contributed by atoms with Gasteiger partial charge in [0.25, 0.3) is 0 Å². The molecule has 0 radical (unpaired) electrons. The van der Waals surface area contributed by atoms with Gasteiger partial charge in [0.15, 0.2) is 0 Å². The van der Waals surface area contributed by atoms with Crippen LogP contribution < -0.4 is 16.0 Å². The molecule has 0 saturated carbocycles. The number of carbonyl (C=O) groups excluding carboxylic acids is 1. The summed E-state index contributed by atoms with van der Waals surface area (Å²) in [6, 6.07) is 25.2. The molecule has 0 atom stereocenters. The quantitative estimate of drug-likeness (QED) is 0.456. The van der Waals surface area contributed by atoms with E-state index in [2.05, 4.69) is 25.9 Å². The zero-order valence-corrected chi connectivity index (χ0v) is 15.8. The van der Waals surface area contributed by atoms with E-state index in [0.717, 1.165) is 33.5 Å². The minimum Gasteiger partial charge on any atom is -0.365 e. The van der Waals surface area contributed by atoms with Crippen molar-refractivity contribution >= 4 is 28.4 Å². The van der Waals surface area contributed by atoms with Gasteiger partial charge in [-0.05, 0) is 35.4 Å². The number of amides is 2. The first-order valence-electron chi connectivity index (χ1n) is 9.39. The molecule has 0 fully saturated rings. The van der Waals surface area contributed by atoms with E-state index in [1.165, 1.54) is 0 Å². The average Bonchev–Trinajstić information content (AvgIpc) is 2.77. The third kappa shape index (κ3) is 4.87. The van der Waals surface area contributed by atoms with Gasteiger partial charge in [0.1, 0.15) is 12.1 Å². The Morgan fingerprint density at radius 3 is 2.48 bits per heavy atom. The van der Waals surface area contributed by atoms with E-state index in [4.69, 9.17) is 0 Å². The van der Waals surface area contributed by atoms with Crippen molar-refractivity contribution in [3.8, 4) is 0 Å². The van der Waals surface area contributed by atoms with Crippen molar-refractivity contribution in [2.45, 2.75) is 13.1 Å². The van der Waals surface area contributed by atoms with Gasteiger partial charge in [-0.15, -0.1) is 0 Å². The highest BCUT2D eigenvalue weighted by atomic mass is 16.2. The summed E-state index contributed by atoms with van der Waals surface area (Å²) in [5, 5.41) is 10.1. The highest BCUT2D eigenvalue weighted by molar-refractivity contribution is 5.89. The van der Waals surface area contributed by atoms with Gasteiger partial charge in [0, 0.05) is 24.2 Å². The van der Waals surface area contributed by atoms with Crippen LogP contribution in [-0.4, -0.2) is 16.0 Å². The molecular formula is C23H21N5O. The Morgan fingerprint density at radius 1 is 0.793 bits per heavy atom. The average molecular weight is 383 g/mol. The van der Waals surface area contributed by atoms with Crippen molar-refractivity contribution in [1.29, 1.82) is 0 Å². The molecule has 3 aromatic carbocycles. The summed E-state index contributed by atoms with van der Waals surface area (Å²) in [5.41, 5.74) is 3.73. The lowest BCUT2D eigenvalue weighted by Crippen LogP contribution is -2.28. The Bertz CT molecular complexity index is 1110. The molecule has 29 heavy (non-hydrogen) atoms. The summed E-state index contributed by atoms with van der Waals surface area (Å²) >= 11 is 0. The fraction of sp³-hybridized carbons (Fsp3) is 0.0870. The second-order valence-corrected chi connectivity index (χ2v) is 6.59. The maximum Gasteiger partial charge on any atom is 0.319 e. The van der Waals surface area contributed by atoms with Crippen LogP contribution >= 0.6 is 0 Å². The number of benzene rings is 3. The molecule has 0 aliphatic carbocycles. The van der Waals surface area contributed by atoms with E-state index in [0.29, 0.717) is 13.1 Å². The van der Waals surface area contributed by atoms with E-state index in [1.54, 1.807) is 6.33 Å². The first-order chi connectivity index (χ1) is 14.3. The molecule has 4 aromatic rings. The Labute approximate surface area is 169 Å². The van der Waals surface area contributed by atoms with Crippen LogP contribution in [-0.2, 0) is 13.1 Å². The summed E-state index contributed by atoms with van der Waals surface area (Å²) in [6.45, 7) is 1.07. The predicted octanol–water partition coefficient (Wildman–Crippen LogP) is 4.56. The second-order valence-electron chi connectivity index (χ2n) is 6.59. The number of rotatable bonds is 6. The fourth-order valence-electron chi connectivity index (χ4n) is 3.04. The number of carbonyl (C=O) groups is 1. The van der Waals surface area contributed by atoms with Crippen molar-refractivity contribution in [1.82, 2.24) is 15.3 Å². The zero-order valence-electron chi connectivity index (χ0n) is 15.8. The molecule has 1 heterocycles. The Hall–Kier alpha value is -3.93. The summed E-state index contributed by atoms with van der Waals surface area (Å²) in [6.07, 6.45) is 1.56. The minimum absolute atomic E-state index is 0.235. The van der Waals surface area contributed by atoms with Crippen molar-refractivity contribution in [2.75, 3.05) is 10.6 Å². The molecule has 6 heteroatoms. The second kappa shape index (κ2) is 8.84. The summed E-state index contributed by atoms with van der Waals surface area (Å²) < 4.78 is 0. The third-order valence-electron chi connectivity index (χ3n) is 4.48. The standard InChI is InChI=1S/C23H21N5O/c29-23(25-14-17-7-2-1-3-8-17)28-19-10-6-9-18(13-19)15-24-22-20-11-4-5-12-21(20)26-16-27-22/h1-13,16H,14-15H2,(H,24,26,27)(H2,25,28,29). The zero-order chi connectivity index (χ0) is 19.9.